The van der Waals surface area contributed by atoms with Crippen molar-refractivity contribution >= 4 is 11.6 Å². The van der Waals surface area contributed by atoms with Crippen LogP contribution in [0.15, 0.2) is 0 Å². The quantitative estimate of drug-likeness (QED) is 0.630. The first-order valence-electron chi connectivity index (χ1n) is 5.52. The van der Waals surface area contributed by atoms with Crippen molar-refractivity contribution in [3.05, 3.63) is 0 Å². The molecule has 0 fully saturated rings. The van der Waals surface area contributed by atoms with E-state index in [4.69, 9.17) is 0 Å². The van der Waals surface area contributed by atoms with Gasteiger partial charge in [-0.25, -0.2) is 0 Å². The lowest BCUT2D eigenvalue weighted by Crippen LogP contribution is -2.15. The van der Waals surface area contributed by atoms with E-state index >= 15 is 0 Å². The maximum absolute atomic E-state index is 11.4. The Kier molecular flexibility index (Phi) is 6.43. The average molecular weight is 198 g/mol. The Morgan fingerprint density at radius 3 is 2.07 bits per heavy atom. The van der Waals surface area contributed by atoms with Gasteiger partial charge in [-0.05, 0) is 19.8 Å². The van der Waals surface area contributed by atoms with Gasteiger partial charge in [-0.1, -0.05) is 27.2 Å². The minimum atomic E-state index is 0.0997. The van der Waals surface area contributed by atoms with Crippen LogP contribution in [0.1, 0.15) is 53.4 Å². The van der Waals surface area contributed by atoms with Crippen LogP contribution in [0.5, 0.6) is 0 Å². The number of hydrogen-bond donors (Lipinski definition) is 0. The molecule has 0 bridgehead atoms. The predicted octanol–water partition coefficient (Wildman–Crippen LogP) is 3.00. The molecular formula is C12H22O2. The molecule has 0 aromatic rings. The van der Waals surface area contributed by atoms with Gasteiger partial charge in [0.1, 0.15) is 11.6 Å². The molecule has 14 heavy (non-hydrogen) atoms. The van der Waals surface area contributed by atoms with E-state index in [2.05, 4.69) is 6.92 Å². The fourth-order valence-electron chi connectivity index (χ4n) is 1.50. The number of hydrogen-bond acceptors (Lipinski definition) is 2. The molecule has 0 aliphatic heterocycles. The fourth-order valence-corrected chi connectivity index (χ4v) is 1.50. The number of rotatable bonds is 7. The van der Waals surface area contributed by atoms with Crippen LogP contribution >= 0.6 is 0 Å². The number of Topliss-reactive ketones (excluding diaryl/α,β-unsaturated/α-hetero) is 2. The molecule has 1 atom stereocenters. The normalized spacial score (nSPS) is 12.9. The van der Waals surface area contributed by atoms with Gasteiger partial charge in [0.05, 0.1) is 0 Å². The molecule has 1 unspecified atom stereocenters. The molecule has 0 aromatic heterocycles. The summed E-state index contributed by atoms with van der Waals surface area (Å²) in [5, 5.41) is 0. The summed E-state index contributed by atoms with van der Waals surface area (Å²) in [6.07, 6.45) is 3.23. The highest BCUT2D eigenvalue weighted by Crippen LogP contribution is 2.16. The highest BCUT2D eigenvalue weighted by Gasteiger charge is 2.15. The third kappa shape index (κ3) is 5.15. The van der Waals surface area contributed by atoms with Gasteiger partial charge in [-0.3, -0.25) is 9.59 Å². The number of ketones is 2. The van der Waals surface area contributed by atoms with Crippen molar-refractivity contribution in [1.82, 2.24) is 0 Å². The Labute approximate surface area is 87.1 Å². The van der Waals surface area contributed by atoms with E-state index in [0.29, 0.717) is 6.42 Å². The summed E-state index contributed by atoms with van der Waals surface area (Å²) in [6, 6.07) is 0. The highest BCUT2D eigenvalue weighted by atomic mass is 16.1. The van der Waals surface area contributed by atoms with Crippen LogP contribution in [0.25, 0.3) is 0 Å². The first kappa shape index (κ1) is 13.3. The summed E-state index contributed by atoms with van der Waals surface area (Å²) >= 11 is 0. The van der Waals surface area contributed by atoms with E-state index in [-0.39, 0.29) is 23.4 Å². The standard InChI is InChI=1S/C12H22O2/c1-5-6-11(10(4)13)7-8-12(14)9(2)3/h9,11H,5-8H2,1-4H3. The van der Waals surface area contributed by atoms with E-state index in [9.17, 15) is 9.59 Å². The molecule has 2 heteroatoms. The van der Waals surface area contributed by atoms with E-state index < -0.39 is 0 Å². The van der Waals surface area contributed by atoms with Crippen LogP contribution in [0.2, 0.25) is 0 Å². The summed E-state index contributed by atoms with van der Waals surface area (Å²) in [6.45, 7) is 7.51. The third-order valence-electron chi connectivity index (χ3n) is 2.60. The Morgan fingerprint density at radius 2 is 1.71 bits per heavy atom. The van der Waals surface area contributed by atoms with E-state index in [1.807, 2.05) is 13.8 Å². The predicted molar refractivity (Wildman–Crippen MR) is 58.2 cm³/mol. The van der Waals surface area contributed by atoms with Crippen LogP contribution in [-0.4, -0.2) is 11.6 Å². The van der Waals surface area contributed by atoms with Crippen molar-refractivity contribution in [2.45, 2.75) is 53.4 Å². The Hall–Kier alpha value is -0.660. The SMILES string of the molecule is CCCC(CCC(=O)C(C)C)C(C)=O. The van der Waals surface area contributed by atoms with Crippen LogP contribution in [0, 0.1) is 11.8 Å². The summed E-state index contributed by atoms with van der Waals surface area (Å²) in [4.78, 5) is 22.6. The summed E-state index contributed by atoms with van der Waals surface area (Å²) in [5.41, 5.74) is 0. The Balaban J connectivity index is 3.93. The number of carbonyl (C=O) groups is 2. The topological polar surface area (TPSA) is 34.1 Å². The maximum Gasteiger partial charge on any atom is 0.135 e. The van der Waals surface area contributed by atoms with Crippen molar-refractivity contribution in [1.29, 1.82) is 0 Å². The van der Waals surface area contributed by atoms with Gasteiger partial charge in [0.25, 0.3) is 0 Å². The zero-order valence-electron chi connectivity index (χ0n) is 9.80. The highest BCUT2D eigenvalue weighted by molar-refractivity contribution is 5.82. The molecule has 0 aliphatic rings. The van der Waals surface area contributed by atoms with E-state index in [1.54, 1.807) is 6.92 Å². The fraction of sp³-hybridized carbons (Fsp3) is 0.833. The minimum absolute atomic E-state index is 0.0997. The van der Waals surface area contributed by atoms with Crippen LogP contribution in [-0.2, 0) is 9.59 Å². The van der Waals surface area contributed by atoms with Gasteiger partial charge < -0.3 is 0 Å². The molecule has 0 aromatic carbocycles. The van der Waals surface area contributed by atoms with Gasteiger partial charge in [-0.2, -0.15) is 0 Å². The molecule has 0 amide bonds. The summed E-state index contributed by atoms with van der Waals surface area (Å²) in [7, 11) is 0. The molecule has 2 nitrogen and oxygen atoms in total. The minimum Gasteiger partial charge on any atom is -0.300 e. The summed E-state index contributed by atoms with van der Waals surface area (Å²) < 4.78 is 0. The van der Waals surface area contributed by atoms with Gasteiger partial charge in [0, 0.05) is 18.3 Å². The van der Waals surface area contributed by atoms with Crippen molar-refractivity contribution in [3.8, 4) is 0 Å². The third-order valence-corrected chi connectivity index (χ3v) is 2.60. The van der Waals surface area contributed by atoms with E-state index in [0.717, 1.165) is 19.3 Å². The smallest absolute Gasteiger partial charge is 0.135 e. The molecule has 0 N–H and O–H groups in total. The Bertz CT molecular complexity index is 194. The molecular weight excluding hydrogens is 176 g/mol. The van der Waals surface area contributed by atoms with Crippen molar-refractivity contribution in [2.75, 3.05) is 0 Å². The molecule has 0 radical (unpaired) electrons. The zero-order chi connectivity index (χ0) is 11.1. The molecule has 0 saturated heterocycles. The Morgan fingerprint density at radius 1 is 1.14 bits per heavy atom. The summed E-state index contributed by atoms with van der Waals surface area (Å²) in [5.74, 6) is 0.697. The molecule has 0 heterocycles. The molecule has 0 rings (SSSR count). The number of carbonyl (C=O) groups excluding carboxylic acids is 2. The zero-order valence-corrected chi connectivity index (χ0v) is 9.80. The lowest BCUT2D eigenvalue weighted by molar-refractivity contribution is -0.123. The lowest BCUT2D eigenvalue weighted by atomic mass is 9.91. The lowest BCUT2D eigenvalue weighted by Gasteiger charge is -2.12. The average Bonchev–Trinajstić information content (AvgIpc) is 2.10. The van der Waals surface area contributed by atoms with Gasteiger partial charge in [-0.15, -0.1) is 0 Å². The van der Waals surface area contributed by atoms with E-state index in [1.165, 1.54) is 0 Å². The van der Waals surface area contributed by atoms with Crippen LogP contribution in [0.3, 0.4) is 0 Å². The van der Waals surface area contributed by atoms with Crippen molar-refractivity contribution < 1.29 is 9.59 Å². The van der Waals surface area contributed by atoms with Gasteiger partial charge in [0.2, 0.25) is 0 Å². The molecule has 82 valence electrons. The maximum atomic E-state index is 11.4. The second kappa shape index (κ2) is 6.74. The van der Waals surface area contributed by atoms with Crippen LogP contribution in [0.4, 0.5) is 0 Å². The second-order valence-electron chi connectivity index (χ2n) is 4.26. The molecule has 0 aliphatic carbocycles. The van der Waals surface area contributed by atoms with Crippen molar-refractivity contribution in [3.63, 3.8) is 0 Å². The first-order valence-corrected chi connectivity index (χ1v) is 5.52. The first-order chi connectivity index (χ1) is 6.49. The van der Waals surface area contributed by atoms with Gasteiger partial charge in [0.15, 0.2) is 0 Å². The van der Waals surface area contributed by atoms with Crippen molar-refractivity contribution in [2.24, 2.45) is 11.8 Å². The molecule has 0 spiro atoms. The largest absolute Gasteiger partial charge is 0.300 e. The van der Waals surface area contributed by atoms with Gasteiger partial charge >= 0.3 is 0 Å². The monoisotopic (exact) mass is 198 g/mol. The van der Waals surface area contributed by atoms with Crippen LogP contribution < -0.4 is 0 Å². The molecule has 0 saturated carbocycles. The second-order valence-corrected chi connectivity index (χ2v) is 4.26.